The highest BCUT2D eigenvalue weighted by molar-refractivity contribution is 5.25. The van der Waals surface area contributed by atoms with Gasteiger partial charge in [0.25, 0.3) is 0 Å². The maximum atomic E-state index is 6.37. The molecule has 1 aliphatic heterocycles. The van der Waals surface area contributed by atoms with E-state index in [0.717, 1.165) is 13.0 Å². The predicted molar refractivity (Wildman–Crippen MR) is 111 cm³/mol. The van der Waals surface area contributed by atoms with Crippen molar-refractivity contribution in [3.8, 4) is 0 Å². The Labute approximate surface area is 164 Å². The predicted octanol–water partition coefficient (Wildman–Crippen LogP) is 6.16. The molecule has 2 aliphatic rings. The summed E-state index contributed by atoms with van der Waals surface area (Å²) < 4.78 is 6.37. The third-order valence-electron chi connectivity index (χ3n) is 6.89. The summed E-state index contributed by atoms with van der Waals surface area (Å²) in [4.78, 5) is 4.46. The Morgan fingerprint density at radius 3 is 2.70 bits per heavy atom. The van der Waals surface area contributed by atoms with Crippen molar-refractivity contribution in [1.82, 2.24) is 4.98 Å². The van der Waals surface area contributed by atoms with Crippen molar-refractivity contribution in [2.24, 2.45) is 0 Å². The van der Waals surface area contributed by atoms with Crippen LogP contribution in [0.3, 0.4) is 0 Å². The van der Waals surface area contributed by atoms with Gasteiger partial charge in [-0.1, -0.05) is 55.2 Å². The standard InChI is InChI=1S/C25H33NO/c1-21-8-6-10-22(18-21)9-2-3-12-24(23-11-7-16-26-19-23)15-17-27-25(20-24)13-4-5-14-25/h6-8,10-11,16,18-19H,2-5,9,12-15,17,20H2,1H3/t24-/m1/s1. The van der Waals surface area contributed by atoms with E-state index < -0.39 is 0 Å². The topological polar surface area (TPSA) is 22.1 Å². The highest BCUT2D eigenvalue weighted by Crippen LogP contribution is 2.50. The minimum absolute atomic E-state index is 0.143. The monoisotopic (exact) mass is 363 g/mol. The number of aryl methyl sites for hydroxylation is 2. The summed E-state index contributed by atoms with van der Waals surface area (Å²) in [6.07, 6.45) is 16.5. The highest BCUT2D eigenvalue weighted by Gasteiger charge is 2.47. The Morgan fingerprint density at radius 1 is 1.04 bits per heavy atom. The third-order valence-corrected chi connectivity index (χ3v) is 6.89. The molecule has 0 bridgehead atoms. The fraction of sp³-hybridized carbons (Fsp3) is 0.560. The molecule has 1 aliphatic carbocycles. The van der Waals surface area contributed by atoms with Crippen molar-refractivity contribution in [3.05, 3.63) is 65.5 Å². The normalized spacial score (nSPS) is 24.3. The second-order valence-corrected chi connectivity index (χ2v) is 8.88. The van der Waals surface area contributed by atoms with Gasteiger partial charge in [0, 0.05) is 24.4 Å². The minimum Gasteiger partial charge on any atom is -0.375 e. The zero-order chi connectivity index (χ0) is 18.6. The number of rotatable bonds is 6. The molecule has 2 aromatic rings. The van der Waals surface area contributed by atoms with Crippen LogP contribution in [0.2, 0.25) is 0 Å². The van der Waals surface area contributed by atoms with Crippen LogP contribution >= 0.6 is 0 Å². The van der Waals surface area contributed by atoms with Crippen molar-refractivity contribution in [1.29, 1.82) is 0 Å². The van der Waals surface area contributed by atoms with Gasteiger partial charge in [-0.15, -0.1) is 0 Å². The number of hydrogen-bond acceptors (Lipinski definition) is 2. The quantitative estimate of drug-likeness (QED) is 0.573. The van der Waals surface area contributed by atoms with Crippen LogP contribution in [0.15, 0.2) is 48.8 Å². The number of unbranched alkanes of at least 4 members (excludes halogenated alkanes) is 1. The molecule has 0 unspecified atom stereocenters. The van der Waals surface area contributed by atoms with E-state index in [1.54, 1.807) is 0 Å². The van der Waals surface area contributed by atoms with E-state index in [-0.39, 0.29) is 11.0 Å². The molecule has 0 amide bonds. The van der Waals surface area contributed by atoms with Crippen LogP contribution in [-0.2, 0) is 16.6 Å². The van der Waals surface area contributed by atoms with E-state index in [1.807, 2.05) is 6.20 Å². The molecule has 4 rings (SSSR count). The number of nitrogens with zero attached hydrogens (tertiary/aromatic N) is 1. The van der Waals surface area contributed by atoms with Crippen molar-refractivity contribution < 1.29 is 4.74 Å². The first-order chi connectivity index (χ1) is 13.2. The average molecular weight is 364 g/mol. The number of hydrogen-bond donors (Lipinski definition) is 0. The smallest absolute Gasteiger partial charge is 0.0691 e. The molecule has 0 radical (unpaired) electrons. The Balaban J connectivity index is 1.45. The molecular weight excluding hydrogens is 330 g/mol. The van der Waals surface area contributed by atoms with E-state index in [1.165, 1.54) is 74.5 Å². The Kier molecular flexibility index (Phi) is 5.63. The first-order valence-electron chi connectivity index (χ1n) is 10.8. The summed E-state index contributed by atoms with van der Waals surface area (Å²) >= 11 is 0. The van der Waals surface area contributed by atoms with Crippen LogP contribution in [0, 0.1) is 6.92 Å². The van der Waals surface area contributed by atoms with Crippen molar-refractivity contribution >= 4 is 0 Å². The lowest BCUT2D eigenvalue weighted by Crippen LogP contribution is -2.46. The van der Waals surface area contributed by atoms with Crippen molar-refractivity contribution in [2.75, 3.05) is 6.61 Å². The van der Waals surface area contributed by atoms with E-state index >= 15 is 0 Å². The Morgan fingerprint density at radius 2 is 1.93 bits per heavy atom. The fourth-order valence-electron chi connectivity index (χ4n) is 5.50. The molecule has 2 heteroatoms. The Hall–Kier alpha value is -1.67. The van der Waals surface area contributed by atoms with Crippen molar-refractivity contribution in [2.45, 2.75) is 82.1 Å². The molecular formula is C25H33NO. The molecule has 1 saturated carbocycles. The van der Waals surface area contributed by atoms with Gasteiger partial charge < -0.3 is 4.74 Å². The number of aromatic nitrogens is 1. The van der Waals surface area contributed by atoms with E-state index in [2.05, 4.69) is 54.5 Å². The van der Waals surface area contributed by atoms with Crippen LogP contribution in [0.5, 0.6) is 0 Å². The molecule has 27 heavy (non-hydrogen) atoms. The summed E-state index contributed by atoms with van der Waals surface area (Å²) in [6.45, 7) is 3.09. The SMILES string of the molecule is Cc1cccc(CCCC[C@@]2(c3cccnc3)CCOC3(CCCC3)C2)c1. The van der Waals surface area contributed by atoms with Gasteiger partial charge in [0.05, 0.1) is 5.60 Å². The van der Waals surface area contributed by atoms with Crippen LogP contribution < -0.4 is 0 Å². The molecule has 1 aromatic heterocycles. The van der Waals surface area contributed by atoms with E-state index in [4.69, 9.17) is 4.74 Å². The highest BCUT2D eigenvalue weighted by atomic mass is 16.5. The van der Waals surface area contributed by atoms with Crippen LogP contribution in [0.1, 0.15) is 74.5 Å². The molecule has 2 fully saturated rings. The Bertz CT molecular complexity index is 735. The maximum Gasteiger partial charge on any atom is 0.0691 e. The lowest BCUT2D eigenvalue weighted by atomic mass is 9.66. The molecule has 1 saturated heterocycles. The summed E-state index contributed by atoms with van der Waals surface area (Å²) in [5, 5.41) is 0. The second-order valence-electron chi connectivity index (χ2n) is 8.88. The number of benzene rings is 1. The maximum absolute atomic E-state index is 6.37. The van der Waals surface area contributed by atoms with Crippen LogP contribution in [-0.4, -0.2) is 17.2 Å². The van der Waals surface area contributed by atoms with Gasteiger partial charge in [-0.05, 0) is 69.1 Å². The van der Waals surface area contributed by atoms with Gasteiger partial charge in [0.15, 0.2) is 0 Å². The van der Waals surface area contributed by atoms with Gasteiger partial charge in [0.1, 0.15) is 0 Å². The van der Waals surface area contributed by atoms with Crippen molar-refractivity contribution in [3.63, 3.8) is 0 Å². The van der Waals surface area contributed by atoms with Gasteiger partial charge >= 0.3 is 0 Å². The summed E-state index contributed by atoms with van der Waals surface area (Å²) in [5.74, 6) is 0. The average Bonchev–Trinajstić information content (AvgIpc) is 3.13. The lowest BCUT2D eigenvalue weighted by Gasteiger charge is -2.47. The van der Waals surface area contributed by atoms with Gasteiger partial charge in [-0.25, -0.2) is 0 Å². The molecule has 0 N–H and O–H groups in total. The molecule has 2 heterocycles. The number of pyridine rings is 1. The number of ether oxygens (including phenoxy) is 1. The molecule has 1 atom stereocenters. The molecule has 1 aromatic carbocycles. The van der Waals surface area contributed by atoms with Gasteiger partial charge in [0.2, 0.25) is 0 Å². The van der Waals surface area contributed by atoms with E-state index in [0.29, 0.717) is 0 Å². The van der Waals surface area contributed by atoms with Crippen LogP contribution in [0.4, 0.5) is 0 Å². The molecule has 1 spiro atoms. The third kappa shape index (κ3) is 4.27. The zero-order valence-electron chi connectivity index (χ0n) is 16.8. The lowest BCUT2D eigenvalue weighted by molar-refractivity contribution is -0.104. The summed E-state index contributed by atoms with van der Waals surface area (Å²) in [7, 11) is 0. The minimum atomic E-state index is 0.143. The summed E-state index contributed by atoms with van der Waals surface area (Å²) in [5.41, 5.74) is 4.68. The zero-order valence-corrected chi connectivity index (χ0v) is 16.8. The fourth-order valence-corrected chi connectivity index (χ4v) is 5.50. The first-order valence-corrected chi connectivity index (χ1v) is 10.8. The second kappa shape index (κ2) is 8.14. The largest absolute Gasteiger partial charge is 0.375 e. The van der Waals surface area contributed by atoms with Gasteiger partial charge in [-0.3, -0.25) is 4.98 Å². The van der Waals surface area contributed by atoms with Gasteiger partial charge in [-0.2, -0.15) is 0 Å². The summed E-state index contributed by atoms with van der Waals surface area (Å²) in [6, 6.07) is 13.4. The molecule has 2 nitrogen and oxygen atoms in total. The molecule has 144 valence electrons. The first kappa shape index (κ1) is 18.7. The van der Waals surface area contributed by atoms with E-state index in [9.17, 15) is 0 Å². The van der Waals surface area contributed by atoms with Crippen LogP contribution in [0.25, 0.3) is 0 Å².